The maximum atomic E-state index is 12.3. The highest BCUT2D eigenvalue weighted by atomic mass is 32.2. The molecule has 0 aromatic carbocycles. The monoisotopic (exact) mass is 273 g/mol. The largest absolute Gasteiger partial charge is 0.383 e. The van der Waals surface area contributed by atoms with E-state index in [1.54, 1.807) is 18.9 Å². The van der Waals surface area contributed by atoms with E-state index in [-0.39, 0.29) is 11.9 Å². The third-order valence-electron chi connectivity index (χ3n) is 3.67. The number of hydrogen-bond acceptors (Lipinski definition) is 5. The van der Waals surface area contributed by atoms with Gasteiger partial charge in [-0.25, -0.2) is 0 Å². The van der Waals surface area contributed by atoms with Crippen molar-refractivity contribution in [2.45, 2.75) is 19.0 Å². The van der Waals surface area contributed by atoms with Crippen LogP contribution in [0.25, 0.3) is 0 Å². The van der Waals surface area contributed by atoms with Crippen LogP contribution in [0.1, 0.15) is 6.92 Å². The quantitative estimate of drug-likeness (QED) is 0.770. The number of rotatable bonds is 4. The summed E-state index contributed by atoms with van der Waals surface area (Å²) in [4.78, 5) is 16.7. The Hall–Kier alpha value is -0.300. The van der Waals surface area contributed by atoms with Crippen molar-refractivity contribution >= 4 is 17.7 Å². The summed E-state index contributed by atoms with van der Waals surface area (Å²) in [5.41, 5.74) is 0. The summed E-state index contributed by atoms with van der Waals surface area (Å²) in [6.07, 6.45) is 0. The molecule has 6 heteroatoms. The second kappa shape index (κ2) is 6.75. The Morgan fingerprint density at radius 1 is 1.50 bits per heavy atom. The van der Waals surface area contributed by atoms with Gasteiger partial charge in [-0.05, 0) is 6.92 Å². The molecule has 0 aliphatic carbocycles. The maximum Gasteiger partial charge on any atom is 0.240 e. The molecule has 0 spiro atoms. The average molecular weight is 273 g/mol. The lowest BCUT2D eigenvalue weighted by molar-refractivity contribution is -0.135. The molecule has 2 aliphatic heterocycles. The van der Waals surface area contributed by atoms with Crippen molar-refractivity contribution in [1.82, 2.24) is 15.1 Å². The fourth-order valence-corrected chi connectivity index (χ4v) is 3.44. The topological polar surface area (TPSA) is 44.8 Å². The zero-order valence-corrected chi connectivity index (χ0v) is 12.0. The van der Waals surface area contributed by atoms with Crippen molar-refractivity contribution in [1.29, 1.82) is 0 Å². The molecular formula is C12H23N3O2S. The van der Waals surface area contributed by atoms with Crippen molar-refractivity contribution in [3.8, 4) is 0 Å². The van der Waals surface area contributed by atoms with Crippen LogP contribution in [-0.4, -0.2) is 79.3 Å². The SMILES string of the molecule is COCCN1CCN(C(=O)C2CSCN2)CC1C. The Morgan fingerprint density at radius 3 is 2.94 bits per heavy atom. The van der Waals surface area contributed by atoms with Crippen LogP contribution in [0.15, 0.2) is 0 Å². The molecule has 2 aliphatic rings. The molecule has 2 heterocycles. The molecule has 2 unspecified atom stereocenters. The van der Waals surface area contributed by atoms with Crippen LogP contribution in [0, 0.1) is 0 Å². The second-order valence-corrected chi connectivity index (χ2v) is 5.96. The summed E-state index contributed by atoms with van der Waals surface area (Å²) in [6.45, 7) is 6.54. The predicted molar refractivity (Wildman–Crippen MR) is 73.7 cm³/mol. The van der Waals surface area contributed by atoms with Crippen LogP contribution < -0.4 is 5.32 Å². The molecule has 0 aromatic heterocycles. The van der Waals surface area contributed by atoms with Gasteiger partial charge in [-0.1, -0.05) is 0 Å². The van der Waals surface area contributed by atoms with Gasteiger partial charge in [-0.2, -0.15) is 0 Å². The Balaban J connectivity index is 1.81. The fraction of sp³-hybridized carbons (Fsp3) is 0.917. The van der Waals surface area contributed by atoms with E-state index in [1.807, 2.05) is 4.90 Å². The summed E-state index contributed by atoms with van der Waals surface area (Å²) in [7, 11) is 1.73. The smallest absolute Gasteiger partial charge is 0.240 e. The van der Waals surface area contributed by atoms with Crippen LogP contribution in [0.4, 0.5) is 0 Å². The van der Waals surface area contributed by atoms with Gasteiger partial charge in [0.25, 0.3) is 0 Å². The standard InChI is InChI=1S/C12H23N3O2S/c1-10-7-15(4-3-14(10)5-6-17-2)12(16)11-8-18-9-13-11/h10-11,13H,3-9H2,1-2H3. The lowest BCUT2D eigenvalue weighted by Gasteiger charge is -2.40. The minimum atomic E-state index is 0.0349. The van der Waals surface area contributed by atoms with E-state index in [2.05, 4.69) is 17.1 Å². The Morgan fingerprint density at radius 2 is 2.33 bits per heavy atom. The third-order valence-corrected chi connectivity index (χ3v) is 4.61. The zero-order chi connectivity index (χ0) is 13.0. The van der Waals surface area contributed by atoms with E-state index in [9.17, 15) is 4.79 Å². The summed E-state index contributed by atoms with van der Waals surface area (Å²) in [5.74, 6) is 2.09. The lowest BCUT2D eigenvalue weighted by atomic mass is 10.1. The van der Waals surface area contributed by atoms with Crippen molar-refractivity contribution < 1.29 is 9.53 Å². The van der Waals surface area contributed by atoms with Gasteiger partial charge in [-0.3, -0.25) is 15.0 Å². The number of hydrogen-bond donors (Lipinski definition) is 1. The van der Waals surface area contributed by atoms with Crippen LogP contribution in [0.3, 0.4) is 0 Å². The minimum Gasteiger partial charge on any atom is -0.383 e. The highest BCUT2D eigenvalue weighted by molar-refractivity contribution is 7.99. The highest BCUT2D eigenvalue weighted by Gasteiger charge is 2.31. The van der Waals surface area contributed by atoms with E-state index < -0.39 is 0 Å². The summed E-state index contributed by atoms with van der Waals surface area (Å²) < 4.78 is 5.11. The lowest BCUT2D eigenvalue weighted by Crippen LogP contribution is -2.57. The maximum absolute atomic E-state index is 12.3. The van der Waals surface area contributed by atoms with Crippen LogP contribution in [0.2, 0.25) is 0 Å². The molecule has 2 rings (SSSR count). The summed E-state index contributed by atoms with van der Waals surface area (Å²) >= 11 is 1.80. The summed E-state index contributed by atoms with van der Waals surface area (Å²) in [6, 6.07) is 0.458. The molecule has 104 valence electrons. The Kier molecular flexibility index (Phi) is 5.29. The van der Waals surface area contributed by atoms with Gasteiger partial charge in [0.1, 0.15) is 0 Å². The van der Waals surface area contributed by atoms with Gasteiger partial charge in [0.2, 0.25) is 5.91 Å². The van der Waals surface area contributed by atoms with Crippen LogP contribution >= 0.6 is 11.8 Å². The molecule has 1 N–H and O–H groups in total. The molecule has 0 saturated carbocycles. The first kappa shape index (κ1) is 14.1. The van der Waals surface area contributed by atoms with E-state index in [4.69, 9.17) is 4.74 Å². The molecule has 1 amide bonds. The van der Waals surface area contributed by atoms with E-state index in [1.165, 1.54) is 0 Å². The normalized spacial score (nSPS) is 29.8. The van der Waals surface area contributed by atoms with Crippen molar-refractivity contribution in [3.05, 3.63) is 0 Å². The van der Waals surface area contributed by atoms with Crippen LogP contribution in [0.5, 0.6) is 0 Å². The first-order valence-electron chi connectivity index (χ1n) is 6.55. The predicted octanol–water partition coefficient (Wildman–Crippen LogP) is -0.172. The van der Waals surface area contributed by atoms with Gasteiger partial charge < -0.3 is 9.64 Å². The first-order chi connectivity index (χ1) is 8.72. The van der Waals surface area contributed by atoms with Gasteiger partial charge >= 0.3 is 0 Å². The highest BCUT2D eigenvalue weighted by Crippen LogP contribution is 2.15. The molecule has 2 atom stereocenters. The number of nitrogens with zero attached hydrogens (tertiary/aromatic N) is 2. The molecule has 2 fully saturated rings. The molecule has 18 heavy (non-hydrogen) atoms. The van der Waals surface area contributed by atoms with Gasteiger partial charge in [0.15, 0.2) is 0 Å². The van der Waals surface area contributed by atoms with Crippen molar-refractivity contribution in [3.63, 3.8) is 0 Å². The fourth-order valence-electron chi connectivity index (χ4n) is 2.51. The number of piperazine rings is 1. The Labute approximate surface area is 113 Å². The minimum absolute atomic E-state index is 0.0349. The zero-order valence-electron chi connectivity index (χ0n) is 11.2. The van der Waals surface area contributed by atoms with Gasteiger partial charge in [-0.15, -0.1) is 11.8 Å². The van der Waals surface area contributed by atoms with Gasteiger partial charge in [0.05, 0.1) is 12.6 Å². The Bertz CT molecular complexity index is 284. The number of amides is 1. The molecule has 0 aromatic rings. The number of thioether (sulfide) groups is 1. The molecule has 5 nitrogen and oxygen atoms in total. The summed E-state index contributed by atoms with van der Waals surface area (Å²) in [5, 5.41) is 3.25. The molecular weight excluding hydrogens is 250 g/mol. The first-order valence-corrected chi connectivity index (χ1v) is 7.70. The van der Waals surface area contributed by atoms with Crippen LogP contribution in [-0.2, 0) is 9.53 Å². The van der Waals surface area contributed by atoms with E-state index >= 15 is 0 Å². The third kappa shape index (κ3) is 3.38. The van der Waals surface area contributed by atoms with Gasteiger partial charge in [0, 0.05) is 51.0 Å². The molecule has 0 bridgehead atoms. The number of methoxy groups -OCH3 is 1. The average Bonchev–Trinajstić information content (AvgIpc) is 2.90. The van der Waals surface area contributed by atoms with E-state index in [0.29, 0.717) is 6.04 Å². The molecule has 0 radical (unpaired) electrons. The number of carbonyl (C=O) groups is 1. The van der Waals surface area contributed by atoms with E-state index in [0.717, 1.165) is 44.4 Å². The molecule has 2 saturated heterocycles. The second-order valence-electron chi connectivity index (χ2n) is 4.93. The number of nitrogens with one attached hydrogen (secondary N) is 1. The number of carbonyl (C=O) groups excluding carboxylic acids is 1. The van der Waals surface area contributed by atoms with Crippen molar-refractivity contribution in [2.24, 2.45) is 0 Å². The number of ether oxygens (including phenoxy) is 1. The van der Waals surface area contributed by atoms with Crippen molar-refractivity contribution in [2.75, 3.05) is 51.5 Å².